The molecule has 0 saturated carbocycles. The standard InChI is InChI=1S/C20H30N4O3/c1-20(2,3)19(27)22-10-9-17(25)23-15-13-14(18(21)26)7-8-16(15)24-11-5-4-6-12-24/h7-8,13H,4-6,9-12H2,1-3H3,(H2,21,26)(H,22,27)(H,23,25). The van der Waals surface area contributed by atoms with E-state index < -0.39 is 11.3 Å². The molecule has 1 aromatic rings. The summed E-state index contributed by atoms with van der Waals surface area (Å²) in [4.78, 5) is 38.0. The number of carbonyl (C=O) groups is 3. The Morgan fingerprint density at radius 2 is 1.78 bits per heavy atom. The lowest BCUT2D eigenvalue weighted by Gasteiger charge is -2.30. The lowest BCUT2D eigenvalue weighted by atomic mass is 9.96. The molecule has 1 saturated heterocycles. The lowest BCUT2D eigenvalue weighted by molar-refractivity contribution is -0.128. The Morgan fingerprint density at radius 1 is 1.11 bits per heavy atom. The predicted octanol–water partition coefficient (Wildman–Crippen LogP) is 2.27. The first-order valence-electron chi connectivity index (χ1n) is 9.45. The van der Waals surface area contributed by atoms with Gasteiger partial charge in [-0.25, -0.2) is 0 Å². The Hall–Kier alpha value is -2.57. The molecular weight excluding hydrogens is 344 g/mol. The predicted molar refractivity (Wildman–Crippen MR) is 107 cm³/mol. The van der Waals surface area contributed by atoms with E-state index in [1.165, 1.54) is 6.42 Å². The molecule has 1 aliphatic heterocycles. The molecule has 7 heteroatoms. The van der Waals surface area contributed by atoms with E-state index in [-0.39, 0.29) is 24.8 Å². The van der Waals surface area contributed by atoms with Crippen molar-refractivity contribution in [3.8, 4) is 0 Å². The summed E-state index contributed by atoms with van der Waals surface area (Å²) >= 11 is 0. The van der Waals surface area contributed by atoms with Crippen molar-refractivity contribution in [2.75, 3.05) is 29.9 Å². The number of nitrogens with two attached hydrogens (primary N) is 1. The molecule has 0 unspecified atom stereocenters. The van der Waals surface area contributed by atoms with E-state index in [4.69, 9.17) is 5.73 Å². The Bertz CT molecular complexity index is 704. The number of hydrogen-bond acceptors (Lipinski definition) is 4. The van der Waals surface area contributed by atoms with E-state index in [0.29, 0.717) is 11.3 Å². The van der Waals surface area contributed by atoms with Crippen LogP contribution < -0.4 is 21.3 Å². The SMILES string of the molecule is CC(C)(C)C(=O)NCCC(=O)Nc1cc(C(N)=O)ccc1N1CCCCC1. The normalized spacial score (nSPS) is 14.6. The Labute approximate surface area is 160 Å². The third kappa shape index (κ3) is 5.98. The van der Waals surface area contributed by atoms with Gasteiger partial charge in [0, 0.05) is 37.0 Å². The quantitative estimate of drug-likeness (QED) is 0.710. The van der Waals surface area contributed by atoms with Crippen molar-refractivity contribution < 1.29 is 14.4 Å². The van der Waals surface area contributed by atoms with Crippen LogP contribution in [0.3, 0.4) is 0 Å². The van der Waals surface area contributed by atoms with Crippen molar-refractivity contribution in [2.45, 2.75) is 46.5 Å². The summed E-state index contributed by atoms with van der Waals surface area (Å²) in [6, 6.07) is 5.14. The van der Waals surface area contributed by atoms with Crippen LogP contribution in [0.25, 0.3) is 0 Å². The van der Waals surface area contributed by atoms with Crippen LogP contribution in [-0.2, 0) is 9.59 Å². The number of nitrogens with zero attached hydrogens (tertiary/aromatic N) is 1. The number of hydrogen-bond donors (Lipinski definition) is 3. The molecule has 1 aliphatic rings. The Kier molecular flexibility index (Phi) is 6.82. The molecule has 0 bridgehead atoms. The highest BCUT2D eigenvalue weighted by atomic mass is 16.2. The molecule has 0 aromatic heterocycles. The van der Waals surface area contributed by atoms with Gasteiger partial charge in [-0.3, -0.25) is 14.4 Å². The van der Waals surface area contributed by atoms with Crippen molar-refractivity contribution in [1.29, 1.82) is 0 Å². The number of amides is 3. The van der Waals surface area contributed by atoms with Gasteiger partial charge in [0.25, 0.3) is 0 Å². The summed E-state index contributed by atoms with van der Waals surface area (Å²) in [5.41, 5.74) is 6.72. The van der Waals surface area contributed by atoms with Gasteiger partial charge in [-0.1, -0.05) is 20.8 Å². The molecule has 1 heterocycles. The fourth-order valence-corrected chi connectivity index (χ4v) is 2.97. The third-order valence-corrected chi connectivity index (χ3v) is 4.57. The Morgan fingerprint density at radius 3 is 2.37 bits per heavy atom. The van der Waals surface area contributed by atoms with Gasteiger partial charge >= 0.3 is 0 Å². The number of rotatable bonds is 6. The molecule has 0 atom stereocenters. The summed E-state index contributed by atoms with van der Waals surface area (Å²) in [5.74, 6) is -0.850. The lowest BCUT2D eigenvalue weighted by Crippen LogP contribution is -2.36. The average molecular weight is 374 g/mol. The minimum Gasteiger partial charge on any atom is -0.370 e. The number of piperidine rings is 1. The van der Waals surface area contributed by atoms with Gasteiger partial charge in [-0.05, 0) is 37.5 Å². The molecule has 7 nitrogen and oxygen atoms in total. The van der Waals surface area contributed by atoms with Crippen LogP contribution in [0.4, 0.5) is 11.4 Å². The van der Waals surface area contributed by atoms with Crippen LogP contribution in [0.15, 0.2) is 18.2 Å². The van der Waals surface area contributed by atoms with E-state index in [1.54, 1.807) is 12.1 Å². The van der Waals surface area contributed by atoms with Crippen LogP contribution in [0, 0.1) is 5.41 Å². The van der Waals surface area contributed by atoms with E-state index in [1.807, 2.05) is 26.8 Å². The van der Waals surface area contributed by atoms with Crippen molar-refractivity contribution in [3.63, 3.8) is 0 Å². The zero-order chi connectivity index (χ0) is 20.0. The molecule has 27 heavy (non-hydrogen) atoms. The second-order valence-corrected chi connectivity index (χ2v) is 7.95. The van der Waals surface area contributed by atoms with Gasteiger partial charge in [-0.15, -0.1) is 0 Å². The second-order valence-electron chi connectivity index (χ2n) is 7.95. The van der Waals surface area contributed by atoms with Crippen LogP contribution in [-0.4, -0.2) is 37.4 Å². The molecule has 1 aromatic carbocycles. The molecule has 2 rings (SSSR count). The largest absolute Gasteiger partial charge is 0.370 e. The molecule has 0 aliphatic carbocycles. The number of benzene rings is 1. The molecule has 4 N–H and O–H groups in total. The van der Waals surface area contributed by atoms with Crippen molar-refractivity contribution in [1.82, 2.24) is 5.32 Å². The summed E-state index contributed by atoms with van der Waals surface area (Å²) < 4.78 is 0. The highest BCUT2D eigenvalue weighted by molar-refractivity contribution is 5.99. The van der Waals surface area contributed by atoms with E-state index in [0.717, 1.165) is 31.6 Å². The fraction of sp³-hybridized carbons (Fsp3) is 0.550. The molecule has 1 fully saturated rings. The highest BCUT2D eigenvalue weighted by Gasteiger charge is 2.21. The molecular formula is C20H30N4O3. The van der Waals surface area contributed by atoms with Gasteiger partial charge in [-0.2, -0.15) is 0 Å². The number of primary amides is 1. The fourth-order valence-electron chi connectivity index (χ4n) is 2.97. The van der Waals surface area contributed by atoms with Crippen molar-refractivity contribution >= 4 is 29.1 Å². The minimum absolute atomic E-state index is 0.0972. The summed E-state index contributed by atoms with van der Waals surface area (Å²) in [5, 5.41) is 5.64. The van der Waals surface area contributed by atoms with Crippen LogP contribution >= 0.6 is 0 Å². The Balaban J connectivity index is 2.06. The van der Waals surface area contributed by atoms with Crippen molar-refractivity contribution in [3.05, 3.63) is 23.8 Å². The average Bonchev–Trinajstić information content (AvgIpc) is 2.61. The maximum atomic E-state index is 12.4. The first-order valence-corrected chi connectivity index (χ1v) is 9.45. The molecule has 148 valence electrons. The minimum atomic E-state index is -0.534. The topological polar surface area (TPSA) is 105 Å². The highest BCUT2D eigenvalue weighted by Crippen LogP contribution is 2.29. The number of nitrogens with one attached hydrogen (secondary N) is 2. The van der Waals surface area contributed by atoms with E-state index in [9.17, 15) is 14.4 Å². The number of anilines is 2. The maximum Gasteiger partial charge on any atom is 0.248 e. The van der Waals surface area contributed by atoms with E-state index in [2.05, 4.69) is 15.5 Å². The first-order chi connectivity index (χ1) is 12.7. The molecule has 3 amide bonds. The van der Waals surface area contributed by atoms with Gasteiger partial charge in [0.2, 0.25) is 17.7 Å². The van der Waals surface area contributed by atoms with Gasteiger partial charge < -0.3 is 21.3 Å². The zero-order valence-electron chi connectivity index (χ0n) is 16.4. The smallest absolute Gasteiger partial charge is 0.248 e. The summed E-state index contributed by atoms with van der Waals surface area (Å²) in [6.45, 7) is 7.56. The van der Waals surface area contributed by atoms with Gasteiger partial charge in [0.05, 0.1) is 11.4 Å². The summed E-state index contributed by atoms with van der Waals surface area (Å²) in [7, 11) is 0. The van der Waals surface area contributed by atoms with Gasteiger partial charge in [0.1, 0.15) is 0 Å². The maximum absolute atomic E-state index is 12.4. The molecule has 0 radical (unpaired) electrons. The van der Waals surface area contributed by atoms with Crippen LogP contribution in [0.1, 0.15) is 56.8 Å². The zero-order valence-corrected chi connectivity index (χ0v) is 16.4. The van der Waals surface area contributed by atoms with Crippen molar-refractivity contribution in [2.24, 2.45) is 11.1 Å². The van der Waals surface area contributed by atoms with Gasteiger partial charge in [0.15, 0.2) is 0 Å². The van der Waals surface area contributed by atoms with E-state index >= 15 is 0 Å². The monoisotopic (exact) mass is 374 g/mol. The number of carbonyl (C=O) groups excluding carboxylic acids is 3. The van der Waals surface area contributed by atoms with Crippen LogP contribution in [0.2, 0.25) is 0 Å². The first kappa shape index (κ1) is 20.7. The second kappa shape index (κ2) is 8.88. The third-order valence-electron chi connectivity index (χ3n) is 4.57. The molecule has 0 spiro atoms. The summed E-state index contributed by atoms with van der Waals surface area (Å²) in [6.07, 6.45) is 3.56. The van der Waals surface area contributed by atoms with Crippen LogP contribution in [0.5, 0.6) is 0 Å².